The van der Waals surface area contributed by atoms with Gasteiger partial charge in [-0.1, -0.05) is 23.7 Å². The molecule has 0 saturated carbocycles. The van der Waals surface area contributed by atoms with E-state index in [0.29, 0.717) is 10.8 Å². The second kappa shape index (κ2) is 7.23. The van der Waals surface area contributed by atoms with Gasteiger partial charge in [0.1, 0.15) is 11.4 Å². The SMILES string of the molecule is CCOC(=O)c1cnc2n(c1=O)C(C)CCC2=Cc1ccc(Cl)cc1. The minimum Gasteiger partial charge on any atom is -0.462 e. The molecular formula is C19H19ClN2O3. The first kappa shape index (κ1) is 17.4. The van der Waals surface area contributed by atoms with Crippen molar-refractivity contribution in [3.8, 4) is 0 Å². The molecule has 0 N–H and O–H groups in total. The maximum atomic E-state index is 12.8. The van der Waals surface area contributed by atoms with Crippen LogP contribution in [0.3, 0.4) is 0 Å². The van der Waals surface area contributed by atoms with Gasteiger partial charge in [-0.2, -0.15) is 0 Å². The Morgan fingerprint density at radius 3 is 2.80 bits per heavy atom. The molecule has 0 amide bonds. The van der Waals surface area contributed by atoms with E-state index < -0.39 is 5.97 Å². The Morgan fingerprint density at radius 1 is 1.40 bits per heavy atom. The Morgan fingerprint density at radius 2 is 2.12 bits per heavy atom. The number of hydrogen-bond donors (Lipinski definition) is 0. The summed E-state index contributed by atoms with van der Waals surface area (Å²) < 4.78 is 6.54. The smallest absolute Gasteiger partial charge is 0.345 e. The predicted molar refractivity (Wildman–Crippen MR) is 97.7 cm³/mol. The van der Waals surface area contributed by atoms with Gasteiger partial charge in [-0.15, -0.1) is 0 Å². The number of nitrogens with zero attached hydrogens (tertiary/aromatic N) is 2. The summed E-state index contributed by atoms with van der Waals surface area (Å²) in [4.78, 5) is 29.1. The van der Waals surface area contributed by atoms with Crippen molar-refractivity contribution in [3.05, 3.63) is 62.8 Å². The molecule has 25 heavy (non-hydrogen) atoms. The van der Waals surface area contributed by atoms with Crippen LogP contribution in [-0.4, -0.2) is 22.1 Å². The number of ether oxygens (including phenoxy) is 1. The van der Waals surface area contributed by atoms with Crippen LogP contribution in [0, 0.1) is 0 Å². The van der Waals surface area contributed by atoms with E-state index in [9.17, 15) is 9.59 Å². The molecule has 1 aromatic carbocycles. The lowest BCUT2D eigenvalue weighted by Crippen LogP contribution is -2.34. The van der Waals surface area contributed by atoms with Gasteiger partial charge in [-0.25, -0.2) is 9.78 Å². The van der Waals surface area contributed by atoms with E-state index >= 15 is 0 Å². The zero-order chi connectivity index (χ0) is 18.0. The van der Waals surface area contributed by atoms with Crippen molar-refractivity contribution in [2.75, 3.05) is 6.61 Å². The van der Waals surface area contributed by atoms with E-state index in [0.717, 1.165) is 24.0 Å². The molecule has 130 valence electrons. The van der Waals surface area contributed by atoms with Gasteiger partial charge in [-0.05, 0) is 56.0 Å². The van der Waals surface area contributed by atoms with E-state index in [4.69, 9.17) is 16.3 Å². The number of allylic oxidation sites excluding steroid dienone is 1. The zero-order valence-corrected chi connectivity index (χ0v) is 14.9. The highest BCUT2D eigenvalue weighted by molar-refractivity contribution is 6.30. The molecule has 0 radical (unpaired) electrons. The molecule has 1 aromatic heterocycles. The van der Waals surface area contributed by atoms with E-state index in [1.165, 1.54) is 6.20 Å². The fourth-order valence-electron chi connectivity index (χ4n) is 2.97. The molecule has 0 aliphatic carbocycles. The second-order valence-electron chi connectivity index (χ2n) is 6.00. The van der Waals surface area contributed by atoms with E-state index in [1.807, 2.05) is 37.3 Å². The van der Waals surface area contributed by atoms with Crippen molar-refractivity contribution >= 4 is 29.2 Å². The van der Waals surface area contributed by atoms with Crippen LogP contribution in [0.2, 0.25) is 5.02 Å². The van der Waals surface area contributed by atoms with E-state index in [1.54, 1.807) is 11.5 Å². The van der Waals surface area contributed by atoms with Crippen molar-refractivity contribution in [1.29, 1.82) is 0 Å². The van der Waals surface area contributed by atoms with Gasteiger partial charge in [0, 0.05) is 17.3 Å². The summed E-state index contributed by atoms with van der Waals surface area (Å²) in [6.45, 7) is 3.88. The van der Waals surface area contributed by atoms with Crippen molar-refractivity contribution in [3.63, 3.8) is 0 Å². The first-order chi connectivity index (χ1) is 12.0. The van der Waals surface area contributed by atoms with Gasteiger partial charge in [0.05, 0.1) is 6.61 Å². The standard InChI is InChI=1S/C19H19ClN2O3/c1-3-25-19(24)16-11-21-17-14(7-4-12(2)22(17)18(16)23)10-13-5-8-15(20)9-6-13/h5-6,8-12H,3-4,7H2,1-2H3. The fourth-order valence-corrected chi connectivity index (χ4v) is 3.09. The predicted octanol–water partition coefficient (Wildman–Crippen LogP) is 3.97. The highest BCUT2D eigenvalue weighted by Gasteiger charge is 2.25. The lowest BCUT2D eigenvalue weighted by atomic mass is 9.97. The Hall–Kier alpha value is -2.40. The average molecular weight is 359 g/mol. The van der Waals surface area contributed by atoms with Crippen molar-refractivity contribution < 1.29 is 9.53 Å². The molecule has 0 saturated heterocycles. The minimum atomic E-state index is -0.628. The van der Waals surface area contributed by atoms with Gasteiger partial charge in [0.15, 0.2) is 0 Å². The molecule has 0 bridgehead atoms. The van der Waals surface area contributed by atoms with Crippen LogP contribution in [0.25, 0.3) is 11.6 Å². The molecule has 5 nitrogen and oxygen atoms in total. The quantitative estimate of drug-likeness (QED) is 0.779. The molecule has 3 rings (SSSR count). The van der Waals surface area contributed by atoms with Crippen LogP contribution < -0.4 is 5.56 Å². The average Bonchev–Trinajstić information content (AvgIpc) is 2.59. The maximum Gasteiger partial charge on any atom is 0.345 e. The number of fused-ring (bicyclic) bond motifs is 1. The maximum absolute atomic E-state index is 12.8. The molecule has 2 heterocycles. The van der Waals surface area contributed by atoms with E-state index in [2.05, 4.69) is 4.98 Å². The van der Waals surface area contributed by atoms with Gasteiger partial charge >= 0.3 is 5.97 Å². The largest absolute Gasteiger partial charge is 0.462 e. The molecule has 1 aliphatic heterocycles. The van der Waals surface area contributed by atoms with Crippen LogP contribution in [-0.2, 0) is 4.74 Å². The highest BCUT2D eigenvalue weighted by atomic mass is 35.5. The van der Waals surface area contributed by atoms with Crippen LogP contribution in [0.1, 0.15) is 54.5 Å². The number of benzene rings is 1. The third kappa shape index (κ3) is 3.51. The first-order valence-corrected chi connectivity index (χ1v) is 8.64. The van der Waals surface area contributed by atoms with Gasteiger partial charge < -0.3 is 4.74 Å². The topological polar surface area (TPSA) is 61.2 Å². The number of hydrogen-bond acceptors (Lipinski definition) is 4. The summed E-state index contributed by atoms with van der Waals surface area (Å²) in [7, 11) is 0. The normalized spacial score (nSPS) is 18.0. The van der Waals surface area contributed by atoms with Crippen LogP contribution >= 0.6 is 11.6 Å². The summed E-state index contributed by atoms with van der Waals surface area (Å²) in [6, 6.07) is 7.46. The zero-order valence-electron chi connectivity index (χ0n) is 14.2. The summed E-state index contributed by atoms with van der Waals surface area (Å²) >= 11 is 5.93. The van der Waals surface area contributed by atoms with Crippen molar-refractivity contribution in [1.82, 2.24) is 9.55 Å². The number of rotatable bonds is 3. The van der Waals surface area contributed by atoms with Crippen LogP contribution in [0.4, 0.5) is 0 Å². The first-order valence-electron chi connectivity index (χ1n) is 8.26. The summed E-state index contributed by atoms with van der Waals surface area (Å²) in [5, 5.41) is 0.674. The third-order valence-electron chi connectivity index (χ3n) is 4.26. The molecule has 0 spiro atoms. The van der Waals surface area contributed by atoms with Crippen LogP contribution in [0.15, 0.2) is 35.3 Å². The molecule has 1 aliphatic rings. The molecule has 1 atom stereocenters. The molecule has 1 unspecified atom stereocenters. The Bertz CT molecular complexity index is 885. The van der Waals surface area contributed by atoms with Gasteiger partial charge in [0.2, 0.25) is 0 Å². The fraction of sp³-hybridized carbons (Fsp3) is 0.316. The lowest BCUT2D eigenvalue weighted by molar-refractivity contribution is 0.0522. The number of esters is 1. The van der Waals surface area contributed by atoms with Crippen molar-refractivity contribution in [2.24, 2.45) is 0 Å². The molecule has 0 fully saturated rings. The molecular weight excluding hydrogens is 340 g/mol. The monoisotopic (exact) mass is 358 g/mol. The molecule has 6 heteroatoms. The second-order valence-corrected chi connectivity index (χ2v) is 6.44. The van der Waals surface area contributed by atoms with Gasteiger partial charge in [-0.3, -0.25) is 9.36 Å². The number of halogens is 1. The Balaban J connectivity index is 2.07. The number of carbonyl (C=O) groups excluding carboxylic acids is 1. The molecule has 2 aromatic rings. The third-order valence-corrected chi connectivity index (χ3v) is 4.51. The Kier molecular flexibility index (Phi) is 5.04. The summed E-state index contributed by atoms with van der Waals surface area (Å²) in [6.07, 6.45) is 4.94. The summed E-state index contributed by atoms with van der Waals surface area (Å²) in [5.74, 6) is -0.0250. The lowest BCUT2D eigenvalue weighted by Gasteiger charge is -2.26. The summed E-state index contributed by atoms with van der Waals surface area (Å²) in [5.41, 5.74) is 1.58. The highest BCUT2D eigenvalue weighted by Crippen LogP contribution is 2.31. The minimum absolute atomic E-state index is 0.0215. The van der Waals surface area contributed by atoms with Crippen molar-refractivity contribution in [2.45, 2.75) is 32.7 Å². The van der Waals surface area contributed by atoms with Crippen LogP contribution in [0.5, 0.6) is 0 Å². The Labute approximate surface area is 150 Å². The van der Waals surface area contributed by atoms with Gasteiger partial charge in [0.25, 0.3) is 5.56 Å². The number of carbonyl (C=O) groups is 1. The van der Waals surface area contributed by atoms with E-state index in [-0.39, 0.29) is 23.8 Å². The number of aromatic nitrogens is 2.